The predicted octanol–water partition coefficient (Wildman–Crippen LogP) is 3.75. The highest BCUT2D eigenvalue weighted by Crippen LogP contribution is 2.22. The fraction of sp³-hybridized carbons (Fsp3) is 0.0625. The third-order valence-corrected chi connectivity index (χ3v) is 3.14. The molecule has 2 aromatic heterocycles. The second-order valence-electron chi connectivity index (χ2n) is 4.42. The fourth-order valence-electron chi connectivity index (χ4n) is 1.81. The SMILES string of the molecule is O=C(OCc1ncc(-c2ccc(Cl)cc2)o1)c1ccccn1. The number of rotatable bonds is 4. The number of pyridine rings is 1. The van der Waals surface area contributed by atoms with Gasteiger partial charge in [-0.15, -0.1) is 0 Å². The molecule has 0 radical (unpaired) electrons. The normalized spacial score (nSPS) is 10.4. The summed E-state index contributed by atoms with van der Waals surface area (Å²) in [6, 6.07) is 12.2. The van der Waals surface area contributed by atoms with E-state index in [1.54, 1.807) is 36.5 Å². The van der Waals surface area contributed by atoms with Gasteiger partial charge in [0.15, 0.2) is 12.4 Å². The summed E-state index contributed by atoms with van der Waals surface area (Å²) in [5.74, 6) is 0.377. The Morgan fingerprint density at radius 2 is 1.95 bits per heavy atom. The van der Waals surface area contributed by atoms with E-state index >= 15 is 0 Å². The lowest BCUT2D eigenvalue weighted by atomic mass is 10.2. The average molecular weight is 315 g/mol. The quantitative estimate of drug-likeness (QED) is 0.686. The lowest BCUT2D eigenvalue weighted by molar-refractivity contribution is 0.0432. The van der Waals surface area contributed by atoms with Crippen LogP contribution in [0.5, 0.6) is 0 Å². The largest absolute Gasteiger partial charge is 0.451 e. The molecule has 0 aliphatic rings. The first-order chi connectivity index (χ1) is 10.7. The van der Waals surface area contributed by atoms with E-state index in [-0.39, 0.29) is 12.3 Å². The Balaban J connectivity index is 1.65. The first-order valence-corrected chi connectivity index (χ1v) is 6.89. The van der Waals surface area contributed by atoms with E-state index in [9.17, 15) is 4.79 Å². The van der Waals surface area contributed by atoms with Gasteiger partial charge in [-0.2, -0.15) is 0 Å². The Morgan fingerprint density at radius 3 is 2.68 bits per heavy atom. The van der Waals surface area contributed by atoms with Gasteiger partial charge in [0.05, 0.1) is 6.20 Å². The van der Waals surface area contributed by atoms with E-state index in [1.807, 2.05) is 12.1 Å². The van der Waals surface area contributed by atoms with E-state index in [4.69, 9.17) is 20.8 Å². The Bertz CT molecular complexity index is 770. The third kappa shape index (κ3) is 3.32. The highest BCUT2D eigenvalue weighted by molar-refractivity contribution is 6.30. The van der Waals surface area contributed by atoms with Crippen LogP contribution in [0.2, 0.25) is 5.02 Å². The van der Waals surface area contributed by atoms with Crippen molar-refractivity contribution in [3.63, 3.8) is 0 Å². The van der Waals surface area contributed by atoms with Gasteiger partial charge in [-0.25, -0.2) is 14.8 Å². The van der Waals surface area contributed by atoms with Crippen molar-refractivity contribution in [2.45, 2.75) is 6.61 Å². The number of carbonyl (C=O) groups excluding carboxylic acids is 1. The first-order valence-electron chi connectivity index (χ1n) is 6.51. The lowest BCUT2D eigenvalue weighted by Crippen LogP contribution is -2.06. The van der Waals surface area contributed by atoms with Crippen molar-refractivity contribution < 1.29 is 13.9 Å². The monoisotopic (exact) mass is 314 g/mol. The molecule has 0 aliphatic heterocycles. The van der Waals surface area contributed by atoms with Crippen LogP contribution in [0.3, 0.4) is 0 Å². The van der Waals surface area contributed by atoms with Crippen LogP contribution in [-0.4, -0.2) is 15.9 Å². The van der Waals surface area contributed by atoms with E-state index in [0.29, 0.717) is 16.7 Å². The van der Waals surface area contributed by atoms with Crippen molar-refractivity contribution in [3.05, 3.63) is 71.5 Å². The molecule has 0 saturated heterocycles. The molecule has 0 unspecified atom stereocenters. The molecular formula is C16H11ClN2O3. The van der Waals surface area contributed by atoms with Gasteiger partial charge in [0.1, 0.15) is 5.69 Å². The summed E-state index contributed by atoms with van der Waals surface area (Å²) < 4.78 is 10.6. The zero-order valence-corrected chi connectivity index (χ0v) is 12.2. The molecule has 2 heterocycles. The molecular weight excluding hydrogens is 304 g/mol. The molecule has 0 fully saturated rings. The van der Waals surface area contributed by atoms with Crippen LogP contribution in [0.1, 0.15) is 16.4 Å². The zero-order valence-electron chi connectivity index (χ0n) is 11.4. The molecule has 0 saturated carbocycles. The molecule has 3 aromatic rings. The predicted molar refractivity (Wildman–Crippen MR) is 80.3 cm³/mol. The summed E-state index contributed by atoms with van der Waals surface area (Å²) in [6.07, 6.45) is 3.10. The Morgan fingerprint density at radius 1 is 1.14 bits per heavy atom. The highest BCUT2D eigenvalue weighted by Gasteiger charge is 2.11. The number of hydrogen-bond acceptors (Lipinski definition) is 5. The molecule has 3 rings (SSSR count). The Kier molecular flexibility index (Phi) is 4.16. The molecule has 0 bridgehead atoms. The average Bonchev–Trinajstić information content (AvgIpc) is 3.03. The minimum Gasteiger partial charge on any atom is -0.451 e. The minimum atomic E-state index is -0.521. The number of benzene rings is 1. The second kappa shape index (κ2) is 6.41. The van der Waals surface area contributed by atoms with Gasteiger partial charge in [-0.1, -0.05) is 17.7 Å². The summed E-state index contributed by atoms with van der Waals surface area (Å²) in [6.45, 7) is -0.0526. The van der Waals surface area contributed by atoms with Crippen molar-refractivity contribution >= 4 is 17.6 Å². The van der Waals surface area contributed by atoms with Crippen LogP contribution in [0, 0.1) is 0 Å². The number of hydrogen-bond donors (Lipinski definition) is 0. The number of ether oxygens (including phenoxy) is 1. The van der Waals surface area contributed by atoms with Crippen LogP contribution in [-0.2, 0) is 11.3 Å². The molecule has 0 amide bonds. The maximum Gasteiger partial charge on any atom is 0.357 e. The summed E-state index contributed by atoms with van der Waals surface area (Å²) >= 11 is 5.84. The number of nitrogens with zero attached hydrogens (tertiary/aromatic N) is 2. The zero-order chi connectivity index (χ0) is 15.4. The summed E-state index contributed by atoms with van der Waals surface area (Å²) in [5.41, 5.74) is 1.09. The van der Waals surface area contributed by atoms with Crippen molar-refractivity contribution in [1.29, 1.82) is 0 Å². The molecule has 0 aliphatic carbocycles. The van der Waals surface area contributed by atoms with Crippen LogP contribution in [0.4, 0.5) is 0 Å². The number of halogens is 1. The maximum atomic E-state index is 11.8. The van der Waals surface area contributed by atoms with Gasteiger partial charge in [-0.3, -0.25) is 0 Å². The van der Waals surface area contributed by atoms with Gasteiger partial charge in [0, 0.05) is 16.8 Å². The van der Waals surface area contributed by atoms with Crippen LogP contribution >= 0.6 is 11.6 Å². The van der Waals surface area contributed by atoms with E-state index in [1.165, 1.54) is 6.20 Å². The molecule has 1 aromatic carbocycles. The number of esters is 1. The lowest BCUT2D eigenvalue weighted by Gasteiger charge is -2.01. The number of carbonyl (C=O) groups is 1. The minimum absolute atomic E-state index is 0.0526. The van der Waals surface area contributed by atoms with Crippen molar-refractivity contribution in [1.82, 2.24) is 9.97 Å². The molecule has 6 heteroatoms. The van der Waals surface area contributed by atoms with Crippen molar-refractivity contribution in [2.75, 3.05) is 0 Å². The van der Waals surface area contributed by atoms with Crippen LogP contribution < -0.4 is 0 Å². The van der Waals surface area contributed by atoms with Gasteiger partial charge in [0.2, 0.25) is 5.89 Å². The fourth-order valence-corrected chi connectivity index (χ4v) is 1.94. The Hall–Kier alpha value is -2.66. The maximum absolute atomic E-state index is 11.8. The van der Waals surface area contributed by atoms with Gasteiger partial charge < -0.3 is 9.15 Å². The second-order valence-corrected chi connectivity index (χ2v) is 4.85. The van der Waals surface area contributed by atoms with E-state index in [0.717, 1.165) is 5.56 Å². The number of aromatic nitrogens is 2. The van der Waals surface area contributed by atoms with Crippen LogP contribution in [0.25, 0.3) is 11.3 Å². The molecule has 0 atom stereocenters. The topological polar surface area (TPSA) is 65.2 Å². The van der Waals surface area contributed by atoms with Crippen molar-refractivity contribution in [3.8, 4) is 11.3 Å². The van der Waals surface area contributed by atoms with Gasteiger partial charge in [-0.05, 0) is 36.4 Å². The molecule has 5 nitrogen and oxygen atoms in total. The summed E-state index contributed by atoms with van der Waals surface area (Å²) in [7, 11) is 0. The van der Waals surface area contributed by atoms with Gasteiger partial charge >= 0.3 is 5.97 Å². The molecule has 110 valence electrons. The summed E-state index contributed by atoms with van der Waals surface area (Å²) in [4.78, 5) is 19.8. The number of oxazole rings is 1. The Labute approximate surface area is 131 Å². The first kappa shape index (κ1) is 14.3. The molecule has 0 N–H and O–H groups in total. The smallest absolute Gasteiger partial charge is 0.357 e. The molecule has 22 heavy (non-hydrogen) atoms. The summed E-state index contributed by atoms with van der Waals surface area (Å²) in [5, 5.41) is 0.646. The van der Waals surface area contributed by atoms with E-state index < -0.39 is 5.97 Å². The van der Waals surface area contributed by atoms with Gasteiger partial charge in [0.25, 0.3) is 0 Å². The third-order valence-electron chi connectivity index (χ3n) is 2.88. The van der Waals surface area contributed by atoms with Crippen molar-refractivity contribution in [2.24, 2.45) is 0 Å². The highest BCUT2D eigenvalue weighted by atomic mass is 35.5. The van der Waals surface area contributed by atoms with E-state index in [2.05, 4.69) is 9.97 Å². The molecule has 0 spiro atoms. The van der Waals surface area contributed by atoms with Crippen LogP contribution in [0.15, 0.2) is 59.3 Å². The standard InChI is InChI=1S/C16H11ClN2O3/c17-12-6-4-11(5-7-12)14-9-19-15(22-14)10-21-16(20)13-3-1-2-8-18-13/h1-9H,10H2.